The van der Waals surface area contributed by atoms with E-state index in [1.165, 1.54) is 11.8 Å². The number of carbonyl (C=O) groups excluding carboxylic acids is 1. The fourth-order valence-electron chi connectivity index (χ4n) is 1.10. The molecule has 1 rings (SSSR count). The lowest BCUT2D eigenvalue weighted by Gasteiger charge is -2.21. The van der Waals surface area contributed by atoms with Crippen molar-refractivity contribution < 1.29 is 4.79 Å². The number of nitrogen functional groups attached to an aromatic ring is 1. The number of carbonyl (C=O) groups is 1. The van der Waals surface area contributed by atoms with Crippen molar-refractivity contribution in [3.8, 4) is 0 Å². The Bertz CT molecular complexity index is 349. The largest absolute Gasteiger partial charge is 0.399 e. The predicted molar refractivity (Wildman–Crippen MR) is 69.5 cm³/mol. The molecule has 1 aromatic rings. The van der Waals surface area contributed by atoms with Crippen LogP contribution in [-0.2, 0) is 4.79 Å². The number of hydrogen-bond donors (Lipinski definition) is 1. The van der Waals surface area contributed by atoms with E-state index in [0.717, 1.165) is 10.6 Å². The molecule has 3 nitrogen and oxygen atoms in total. The summed E-state index contributed by atoms with van der Waals surface area (Å²) in [6, 6.07) is 7.81. The molecule has 16 heavy (non-hydrogen) atoms. The van der Waals surface area contributed by atoms with Gasteiger partial charge in [0.2, 0.25) is 5.91 Å². The summed E-state index contributed by atoms with van der Waals surface area (Å²) in [7, 11) is 1.83. The first kappa shape index (κ1) is 12.9. The molecule has 0 unspecified atom stereocenters. The fourth-order valence-corrected chi connectivity index (χ4v) is 1.92. The summed E-state index contributed by atoms with van der Waals surface area (Å²) in [6.07, 6.45) is 0. The second-order valence-corrected chi connectivity index (χ2v) is 5.00. The molecular weight excluding hydrogens is 220 g/mol. The van der Waals surface area contributed by atoms with Crippen LogP contribution in [0.2, 0.25) is 0 Å². The highest BCUT2D eigenvalue weighted by atomic mass is 32.2. The molecule has 0 saturated heterocycles. The Morgan fingerprint density at radius 3 is 2.44 bits per heavy atom. The van der Waals surface area contributed by atoms with Crippen LogP contribution in [0.15, 0.2) is 29.2 Å². The maximum absolute atomic E-state index is 11.7. The molecular formula is C12H18N2OS. The van der Waals surface area contributed by atoms with Crippen LogP contribution in [-0.4, -0.2) is 29.6 Å². The minimum Gasteiger partial charge on any atom is -0.399 e. The standard InChI is InChI=1S/C12H18N2OS/c1-9(2)14(3)12(15)8-16-11-6-4-10(13)5-7-11/h4-7,9H,8,13H2,1-3H3. The van der Waals surface area contributed by atoms with Crippen molar-refractivity contribution in [2.45, 2.75) is 24.8 Å². The van der Waals surface area contributed by atoms with Crippen LogP contribution in [0.4, 0.5) is 5.69 Å². The van der Waals surface area contributed by atoms with E-state index in [0.29, 0.717) is 5.75 Å². The van der Waals surface area contributed by atoms with E-state index in [-0.39, 0.29) is 11.9 Å². The number of thioether (sulfide) groups is 1. The number of nitrogens with two attached hydrogens (primary N) is 1. The number of amides is 1. The highest BCUT2D eigenvalue weighted by Gasteiger charge is 2.11. The zero-order valence-corrected chi connectivity index (χ0v) is 10.8. The van der Waals surface area contributed by atoms with Gasteiger partial charge in [-0.2, -0.15) is 0 Å². The van der Waals surface area contributed by atoms with Crippen molar-refractivity contribution in [2.24, 2.45) is 0 Å². The second-order valence-electron chi connectivity index (χ2n) is 3.96. The molecule has 1 aromatic carbocycles. The molecule has 2 N–H and O–H groups in total. The van der Waals surface area contributed by atoms with Crippen LogP contribution in [0, 0.1) is 0 Å². The Morgan fingerprint density at radius 2 is 1.94 bits per heavy atom. The molecule has 88 valence electrons. The second kappa shape index (κ2) is 5.80. The third-order valence-corrected chi connectivity index (χ3v) is 3.41. The summed E-state index contributed by atoms with van der Waals surface area (Å²) < 4.78 is 0. The summed E-state index contributed by atoms with van der Waals surface area (Å²) in [4.78, 5) is 14.5. The van der Waals surface area contributed by atoms with Gasteiger partial charge >= 0.3 is 0 Å². The Hall–Kier alpha value is -1.16. The minimum atomic E-state index is 0.150. The van der Waals surface area contributed by atoms with Gasteiger partial charge in [-0.05, 0) is 38.1 Å². The lowest BCUT2D eigenvalue weighted by molar-refractivity contribution is -0.128. The summed E-state index contributed by atoms with van der Waals surface area (Å²) in [5.74, 6) is 0.621. The van der Waals surface area contributed by atoms with Crippen LogP contribution >= 0.6 is 11.8 Å². The summed E-state index contributed by atoms with van der Waals surface area (Å²) in [5.41, 5.74) is 6.33. The maximum Gasteiger partial charge on any atom is 0.232 e. The van der Waals surface area contributed by atoms with Crippen LogP contribution in [0.25, 0.3) is 0 Å². The molecule has 0 aromatic heterocycles. The number of anilines is 1. The zero-order chi connectivity index (χ0) is 12.1. The van der Waals surface area contributed by atoms with Crippen LogP contribution < -0.4 is 5.73 Å². The normalized spacial score (nSPS) is 10.5. The number of benzene rings is 1. The highest BCUT2D eigenvalue weighted by Crippen LogP contribution is 2.19. The van der Waals surface area contributed by atoms with Crippen LogP contribution in [0.3, 0.4) is 0 Å². The summed E-state index contributed by atoms with van der Waals surface area (Å²) in [5, 5.41) is 0. The Balaban J connectivity index is 2.46. The first-order valence-corrected chi connectivity index (χ1v) is 6.23. The number of rotatable bonds is 4. The third kappa shape index (κ3) is 3.77. The van der Waals surface area contributed by atoms with Crippen molar-refractivity contribution in [3.05, 3.63) is 24.3 Å². The quantitative estimate of drug-likeness (QED) is 0.646. The predicted octanol–water partition coefficient (Wildman–Crippen LogP) is 2.23. The molecule has 0 saturated carbocycles. The zero-order valence-electron chi connectivity index (χ0n) is 9.93. The molecule has 0 atom stereocenters. The fraction of sp³-hybridized carbons (Fsp3) is 0.417. The minimum absolute atomic E-state index is 0.150. The van der Waals surface area contributed by atoms with Crippen molar-refractivity contribution in [3.63, 3.8) is 0 Å². The maximum atomic E-state index is 11.7. The van der Waals surface area contributed by atoms with Gasteiger partial charge in [0.1, 0.15) is 0 Å². The average molecular weight is 238 g/mol. The van der Waals surface area contributed by atoms with Crippen molar-refractivity contribution in [1.29, 1.82) is 0 Å². The smallest absolute Gasteiger partial charge is 0.232 e. The van der Waals surface area contributed by atoms with Gasteiger partial charge in [0, 0.05) is 23.7 Å². The highest BCUT2D eigenvalue weighted by molar-refractivity contribution is 8.00. The van der Waals surface area contributed by atoms with E-state index in [2.05, 4.69) is 0 Å². The van der Waals surface area contributed by atoms with Crippen LogP contribution in [0.1, 0.15) is 13.8 Å². The SMILES string of the molecule is CC(C)N(C)C(=O)CSc1ccc(N)cc1. The van der Waals surface area contributed by atoms with Gasteiger partial charge < -0.3 is 10.6 Å². The van der Waals surface area contributed by atoms with E-state index >= 15 is 0 Å². The Morgan fingerprint density at radius 1 is 1.38 bits per heavy atom. The van der Waals surface area contributed by atoms with Gasteiger partial charge in [-0.3, -0.25) is 4.79 Å². The molecule has 0 radical (unpaired) electrons. The van der Waals surface area contributed by atoms with Gasteiger partial charge in [-0.25, -0.2) is 0 Å². The van der Waals surface area contributed by atoms with E-state index in [9.17, 15) is 4.79 Å². The van der Waals surface area contributed by atoms with E-state index in [1.807, 2.05) is 45.2 Å². The molecule has 0 aliphatic rings. The first-order valence-electron chi connectivity index (χ1n) is 5.24. The number of nitrogens with zero attached hydrogens (tertiary/aromatic N) is 1. The van der Waals surface area contributed by atoms with E-state index in [1.54, 1.807) is 4.90 Å². The van der Waals surface area contributed by atoms with Gasteiger partial charge in [-0.15, -0.1) is 11.8 Å². The van der Waals surface area contributed by atoms with Crippen molar-refractivity contribution in [2.75, 3.05) is 18.5 Å². The van der Waals surface area contributed by atoms with Crippen molar-refractivity contribution in [1.82, 2.24) is 4.90 Å². The molecule has 4 heteroatoms. The average Bonchev–Trinajstić information content (AvgIpc) is 2.26. The summed E-state index contributed by atoms with van der Waals surface area (Å²) in [6.45, 7) is 4.01. The van der Waals surface area contributed by atoms with Gasteiger partial charge in [0.25, 0.3) is 0 Å². The Labute approximate surface area is 101 Å². The topological polar surface area (TPSA) is 46.3 Å². The lowest BCUT2D eigenvalue weighted by Crippen LogP contribution is -2.34. The summed E-state index contributed by atoms with van der Waals surface area (Å²) >= 11 is 1.54. The van der Waals surface area contributed by atoms with Crippen molar-refractivity contribution >= 4 is 23.4 Å². The number of hydrogen-bond acceptors (Lipinski definition) is 3. The molecule has 0 aliphatic carbocycles. The van der Waals surface area contributed by atoms with Gasteiger partial charge in [0.15, 0.2) is 0 Å². The molecule has 0 fully saturated rings. The van der Waals surface area contributed by atoms with E-state index in [4.69, 9.17) is 5.73 Å². The van der Waals surface area contributed by atoms with E-state index < -0.39 is 0 Å². The first-order chi connectivity index (χ1) is 7.50. The Kier molecular flexibility index (Phi) is 4.68. The molecule has 0 bridgehead atoms. The molecule has 0 heterocycles. The monoisotopic (exact) mass is 238 g/mol. The van der Waals surface area contributed by atoms with Crippen LogP contribution in [0.5, 0.6) is 0 Å². The lowest BCUT2D eigenvalue weighted by atomic mass is 10.3. The molecule has 1 amide bonds. The molecule has 0 aliphatic heterocycles. The molecule has 0 spiro atoms. The third-order valence-electron chi connectivity index (χ3n) is 2.41. The van der Waals surface area contributed by atoms with Gasteiger partial charge in [0.05, 0.1) is 5.75 Å². The van der Waals surface area contributed by atoms with Gasteiger partial charge in [-0.1, -0.05) is 0 Å².